The Bertz CT molecular complexity index is 845. The fraction of sp³-hybridized carbons (Fsp3) is 0.458. The molecule has 1 aliphatic rings. The third kappa shape index (κ3) is 6.04. The molecule has 0 unspecified atom stereocenters. The molecule has 0 saturated carbocycles. The molecule has 1 aliphatic heterocycles. The second-order valence-electron chi connectivity index (χ2n) is 8.02. The highest BCUT2D eigenvalue weighted by Crippen LogP contribution is 2.20. The summed E-state index contributed by atoms with van der Waals surface area (Å²) in [6.45, 7) is 6.70. The zero-order chi connectivity index (χ0) is 20.8. The second-order valence-corrected chi connectivity index (χ2v) is 8.02. The van der Waals surface area contributed by atoms with Crippen molar-refractivity contribution < 1.29 is 13.9 Å². The van der Waals surface area contributed by atoms with Gasteiger partial charge < -0.3 is 10.1 Å². The first-order chi connectivity index (χ1) is 13.9. The number of nitrogens with one attached hydrogen (secondary N) is 1. The topological polar surface area (TPSA) is 41.6 Å². The Balaban J connectivity index is 1.41. The van der Waals surface area contributed by atoms with Crippen LogP contribution in [0.5, 0.6) is 5.75 Å². The molecule has 0 aliphatic carbocycles. The molecule has 3 rings (SSSR count). The van der Waals surface area contributed by atoms with Crippen molar-refractivity contribution in [3.05, 3.63) is 64.5 Å². The van der Waals surface area contributed by atoms with Crippen LogP contribution in [0.15, 0.2) is 36.4 Å². The molecule has 156 valence electrons. The minimum absolute atomic E-state index is 0.126. The first-order valence-corrected chi connectivity index (χ1v) is 10.3. The van der Waals surface area contributed by atoms with Crippen LogP contribution in [-0.2, 0) is 17.8 Å². The van der Waals surface area contributed by atoms with Crippen LogP contribution in [0.3, 0.4) is 0 Å². The van der Waals surface area contributed by atoms with Crippen molar-refractivity contribution in [2.24, 2.45) is 0 Å². The summed E-state index contributed by atoms with van der Waals surface area (Å²) < 4.78 is 18.8. The van der Waals surface area contributed by atoms with Crippen LogP contribution in [0.4, 0.5) is 4.39 Å². The molecule has 1 amide bonds. The van der Waals surface area contributed by atoms with E-state index in [1.807, 2.05) is 6.07 Å². The molecule has 5 heteroatoms. The quantitative estimate of drug-likeness (QED) is 0.761. The molecular weight excluding hydrogens is 367 g/mol. The predicted octanol–water partition coefficient (Wildman–Crippen LogP) is 4.16. The molecule has 1 heterocycles. The highest BCUT2D eigenvalue weighted by molar-refractivity contribution is 5.76. The van der Waals surface area contributed by atoms with Gasteiger partial charge in [-0.25, -0.2) is 4.39 Å². The third-order valence-corrected chi connectivity index (χ3v) is 5.69. The lowest BCUT2D eigenvalue weighted by Gasteiger charge is -2.32. The first-order valence-electron chi connectivity index (χ1n) is 10.3. The lowest BCUT2D eigenvalue weighted by atomic mass is 10.0. The molecular formula is C24H31FN2O2. The van der Waals surface area contributed by atoms with Gasteiger partial charge in [-0.2, -0.15) is 0 Å². The molecule has 0 aromatic heterocycles. The number of rotatable bonds is 7. The van der Waals surface area contributed by atoms with Gasteiger partial charge >= 0.3 is 0 Å². The van der Waals surface area contributed by atoms with Crippen molar-refractivity contribution in [2.45, 2.75) is 52.1 Å². The van der Waals surface area contributed by atoms with E-state index in [1.54, 1.807) is 12.1 Å². The smallest absolute Gasteiger partial charge is 0.220 e. The van der Waals surface area contributed by atoms with Gasteiger partial charge in [-0.3, -0.25) is 9.69 Å². The summed E-state index contributed by atoms with van der Waals surface area (Å²) in [6.07, 6.45) is 3.15. The molecule has 1 N–H and O–H groups in total. The molecule has 1 saturated heterocycles. The molecule has 2 aromatic carbocycles. The number of halogens is 1. The van der Waals surface area contributed by atoms with Gasteiger partial charge in [0.1, 0.15) is 0 Å². The zero-order valence-corrected chi connectivity index (χ0v) is 17.6. The van der Waals surface area contributed by atoms with Crippen molar-refractivity contribution in [2.75, 3.05) is 20.2 Å². The van der Waals surface area contributed by atoms with Gasteiger partial charge in [0.15, 0.2) is 11.6 Å². The van der Waals surface area contributed by atoms with Crippen LogP contribution in [-0.4, -0.2) is 37.0 Å². The zero-order valence-electron chi connectivity index (χ0n) is 17.6. The number of hydrogen-bond acceptors (Lipinski definition) is 3. The van der Waals surface area contributed by atoms with E-state index in [-0.39, 0.29) is 23.5 Å². The molecule has 29 heavy (non-hydrogen) atoms. The maximum absolute atomic E-state index is 13.9. The predicted molar refractivity (Wildman–Crippen MR) is 114 cm³/mol. The summed E-state index contributed by atoms with van der Waals surface area (Å²) in [7, 11) is 1.47. The van der Waals surface area contributed by atoms with Crippen molar-refractivity contribution in [3.63, 3.8) is 0 Å². The second kappa shape index (κ2) is 9.88. The SMILES string of the molecule is COc1ccc(CN2CCC(NC(=O)CCc3ccc(C)cc3C)CC2)cc1F. The number of carbonyl (C=O) groups excluding carboxylic acids is 1. The molecule has 2 aromatic rings. The Hall–Kier alpha value is -2.40. The Morgan fingerprint density at radius 3 is 2.59 bits per heavy atom. The summed E-state index contributed by atoms with van der Waals surface area (Å²) in [5.74, 6) is 0.0765. The summed E-state index contributed by atoms with van der Waals surface area (Å²) in [4.78, 5) is 14.7. The number of ether oxygens (including phenoxy) is 1. The Morgan fingerprint density at radius 2 is 1.93 bits per heavy atom. The number of aryl methyl sites for hydroxylation is 3. The van der Waals surface area contributed by atoms with Crippen LogP contribution in [0, 0.1) is 19.7 Å². The Labute approximate surface area is 173 Å². The number of hydrogen-bond donors (Lipinski definition) is 1. The van der Waals surface area contributed by atoms with Gasteiger partial charge in [0, 0.05) is 32.1 Å². The minimum Gasteiger partial charge on any atom is -0.494 e. The highest BCUT2D eigenvalue weighted by atomic mass is 19.1. The van der Waals surface area contributed by atoms with Crippen LogP contribution in [0.25, 0.3) is 0 Å². The van der Waals surface area contributed by atoms with Crippen LogP contribution in [0.2, 0.25) is 0 Å². The van der Waals surface area contributed by atoms with E-state index in [1.165, 1.54) is 23.8 Å². The van der Waals surface area contributed by atoms with E-state index in [2.05, 4.69) is 42.3 Å². The fourth-order valence-corrected chi connectivity index (χ4v) is 3.98. The summed E-state index contributed by atoms with van der Waals surface area (Å²) in [5.41, 5.74) is 4.69. The number of likely N-dealkylation sites (tertiary alicyclic amines) is 1. The van der Waals surface area contributed by atoms with Gasteiger partial charge in [0.25, 0.3) is 0 Å². The van der Waals surface area contributed by atoms with Gasteiger partial charge in [-0.15, -0.1) is 0 Å². The standard InChI is InChI=1S/C24H31FN2O2/c1-17-4-6-20(18(2)14-17)7-9-24(28)26-21-10-12-27(13-11-21)16-19-5-8-23(29-3)22(25)15-19/h4-6,8,14-15,21H,7,9-13,16H2,1-3H3,(H,26,28). The average molecular weight is 399 g/mol. The van der Waals surface area contributed by atoms with Crippen molar-refractivity contribution in [1.29, 1.82) is 0 Å². The Kier molecular flexibility index (Phi) is 7.26. The number of carbonyl (C=O) groups is 1. The maximum Gasteiger partial charge on any atom is 0.220 e. The van der Waals surface area contributed by atoms with Crippen LogP contribution < -0.4 is 10.1 Å². The van der Waals surface area contributed by atoms with Crippen LogP contribution >= 0.6 is 0 Å². The van der Waals surface area contributed by atoms with E-state index >= 15 is 0 Å². The Morgan fingerprint density at radius 1 is 1.17 bits per heavy atom. The first kappa shape index (κ1) is 21.3. The molecule has 0 spiro atoms. The minimum atomic E-state index is -0.323. The van der Waals surface area contributed by atoms with Gasteiger partial charge in [-0.1, -0.05) is 29.8 Å². The number of amides is 1. The summed E-state index contributed by atoms with van der Waals surface area (Å²) in [6, 6.07) is 11.7. The molecule has 1 fully saturated rings. The molecule has 0 bridgehead atoms. The van der Waals surface area contributed by atoms with E-state index < -0.39 is 0 Å². The van der Waals surface area contributed by atoms with Gasteiger partial charge in [0.2, 0.25) is 5.91 Å². The van der Waals surface area contributed by atoms with E-state index in [0.29, 0.717) is 13.0 Å². The number of benzene rings is 2. The van der Waals surface area contributed by atoms with Crippen molar-refractivity contribution in [1.82, 2.24) is 10.2 Å². The fourth-order valence-electron chi connectivity index (χ4n) is 3.98. The number of piperidine rings is 1. The van der Waals surface area contributed by atoms with Crippen molar-refractivity contribution in [3.8, 4) is 5.75 Å². The maximum atomic E-state index is 13.9. The van der Waals surface area contributed by atoms with E-state index in [4.69, 9.17) is 4.74 Å². The highest BCUT2D eigenvalue weighted by Gasteiger charge is 2.21. The van der Waals surface area contributed by atoms with Crippen LogP contribution in [0.1, 0.15) is 41.5 Å². The normalized spacial score (nSPS) is 15.3. The lowest BCUT2D eigenvalue weighted by Crippen LogP contribution is -2.44. The molecule has 0 atom stereocenters. The van der Waals surface area contributed by atoms with Gasteiger partial charge in [0.05, 0.1) is 7.11 Å². The largest absolute Gasteiger partial charge is 0.494 e. The molecule has 4 nitrogen and oxygen atoms in total. The summed E-state index contributed by atoms with van der Waals surface area (Å²) in [5, 5.41) is 3.19. The third-order valence-electron chi connectivity index (χ3n) is 5.69. The van der Waals surface area contributed by atoms with E-state index in [0.717, 1.165) is 37.9 Å². The van der Waals surface area contributed by atoms with Crippen molar-refractivity contribution >= 4 is 5.91 Å². The molecule has 0 radical (unpaired) electrons. The summed E-state index contributed by atoms with van der Waals surface area (Å²) >= 11 is 0. The monoisotopic (exact) mass is 398 g/mol. The lowest BCUT2D eigenvalue weighted by molar-refractivity contribution is -0.122. The van der Waals surface area contributed by atoms with E-state index in [9.17, 15) is 9.18 Å². The average Bonchev–Trinajstić information content (AvgIpc) is 2.69. The number of nitrogens with zero attached hydrogens (tertiary/aromatic N) is 1. The van der Waals surface area contributed by atoms with Gasteiger partial charge in [-0.05, 0) is 61.9 Å². The number of methoxy groups -OCH3 is 1.